The summed E-state index contributed by atoms with van der Waals surface area (Å²) in [6.07, 6.45) is 0.671. The molecule has 2 aromatic carbocycles. The largest absolute Gasteiger partial charge is 0.494 e. The first-order valence-corrected chi connectivity index (χ1v) is 13.2. The fourth-order valence-corrected chi connectivity index (χ4v) is 5.00. The van der Waals surface area contributed by atoms with E-state index in [0.717, 1.165) is 55.1 Å². The van der Waals surface area contributed by atoms with Crippen LogP contribution in [-0.4, -0.2) is 75.2 Å². The first-order valence-electron chi connectivity index (χ1n) is 13.2. The van der Waals surface area contributed by atoms with Gasteiger partial charge in [0, 0.05) is 48.3 Å². The number of rotatable bonds is 7. The van der Waals surface area contributed by atoms with Crippen molar-refractivity contribution in [2.24, 2.45) is 5.41 Å². The molecule has 2 fully saturated rings. The number of nitrogens with zero attached hydrogens (tertiary/aromatic N) is 3. The molecule has 1 aromatic heterocycles. The highest BCUT2D eigenvalue weighted by atomic mass is 19.1. The van der Waals surface area contributed by atoms with Crippen molar-refractivity contribution in [1.82, 2.24) is 9.88 Å². The van der Waals surface area contributed by atoms with E-state index in [-0.39, 0.29) is 17.3 Å². The van der Waals surface area contributed by atoms with E-state index in [4.69, 9.17) is 23.9 Å². The number of hydrogen-bond acceptors (Lipinski definition) is 7. The Balaban J connectivity index is 1.34. The minimum absolute atomic E-state index is 0.170. The molecule has 2 aliphatic rings. The Morgan fingerprint density at radius 1 is 1.18 bits per heavy atom. The van der Waals surface area contributed by atoms with Crippen molar-refractivity contribution < 1.29 is 28.1 Å². The highest BCUT2D eigenvalue weighted by molar-refractivity contribution is 5.95. The van der Waals surface area contributed by atoms with E-state index in [1.54, 1.807) is 13.1 Å². The molecule has 3 heterocycles. The van der Waals surface area contributed by atoms with Crippen LogP contribution in [0, 0.1) is 11.2 Å². The van der Waals surface area contributed by atoms with Crippen LogP contribution in [0.2, 0.25) is 0 Å². The highest BCUT2D eigenvalue weighted by Crippen LogP contribution is 2.42. The maximum Gasteiger partial charge on any atom is 0.410 e. The van der Waals surface area contributed by atoms with E-state index < -0.39 is 11.4 Å². The molecular weight excluding hydrogens is 501 g/mol. The van der Waals surface area contributed by atoms with Gasteiger partial charge in [-0.25, -0.2) is 14.2 Å². The molecule has 0 unspecified atom stereocenters. The summed E-state index contributed by atoms with van der Waals surface area (Å²) in [6, 6.07) is 12.9. The van der Waals surface area contributed by atoms with Crippen molar-refractivity contribution in [3.8, 4) is 22.8 Å². The zero-order valence-electron chi connectivity index (χ0n) is 23.3. The number of benzene rings is 2. The predicted molar refractivity (Wildman–Crippen MR) is 148 cm³/mol. The Kier molecular flexibility index (Phi) is 7.29. The molecule has 1 spiro atoms. The van der Waals surface area contributed by atoms with E-state index in [0.29, 0.717) is 24.4 Å². The maximum absolute atomic E-state index is 14.7. The summed E-state index contributed by atoms with van der Waals surface area (Å²) >= 11 is 0. The number of hydrogen-bond donors (Lipinski definition) is 0. The lowest BCUT2D eigenvalue weighted by atomic mass is 9.85. The zero-order chi connectivity index (χ0) is 27.8. The lowest BCUT2D eigenvalue weighted by Gasteiger charge is -2.38. The molecule has 0 atom stereocenters. The van der Waals surface area contributed by atoms with Crippen molar-refractivity contribution in [2.75, 3.05) is 58.5 Å². The molecule has 0 bridgehead atoms. The number of ether oxygens (including phenoxy) is 4. The highest BCUT2D eigenvalue weighted by Gasteiger charge is 2.44. The Morgan fingerprint density at radius 2 is 1.92 bits per heavy atom. The smallest absolute Gasteiger partial charge is 0.410 e. The van der Waals surface area contributed by atoms with Gasteiger partial charge in [-0.1, -0.05) is 0 Å². The lowest BCUT2D eigenvalue weighted by Crippen LogP contribution is -2.44. The van der Waals surface area contributed by atoms with E-state index in [1.807, 2.05) is 51.1 Å². The Labute approximate surface area is 228 Å². The van der Waals surface area contributed by atoms with Crippen molar-refractivity contribution in [2.45, 2.75) is 32.8 Å². The molecule has 0 N–H and O–H groups in total. The molecule has 39 heavy (non-hydrogen) atoms. The van der Waals surface area contributed by atoms with Crippen LogP contribution in [0.1, 0.15) is 27.2 Å². The van der Waals surface area contributed by atoms with Crippen LogP contribution in [0.4, 0.5) is 14.9 Å². The fourth-order valence-electron chi connectivity index (χ4n) is 5.00. The van der Waals surface area contributed by atoms with E-state index in [1.165, 1.54) is 18.1 Å². The van der Waals surface area contributed by atoms with Crippen molar-refractivity contribution in [3.63, 3.8) is 0 Å². The molecule has 2 aliphatic heterocycles. The van der Waals surface area contributed by atoms with Gasteiger partial charge in [-0.15, -0.1) is 0 Å². The maximum atomic E-state index is 14.7. The number of pyridine rings is 1. The predicted octanol–water partition coefficient (Wildman–Crippen LogP) is 5.52. The van der Waals surface area contributed by atoms with Gasteiger partial charge in [0.2, 0.25) is 0 Å². The van der Waals surface area contributed by atoms with Crippen LogP contribution in [-0.2, 0) is 9.47 Å². The van der Waals surface area contributed by atoms with E-state index in [2.05, 4.69) is 4.90 Å². The molecular formula is C30H36FN3O5. The third kappa shape index (κ3) is 5.88. The third-order valence-electron chi connectivity index (χ3n) is 7.21. The molecule has 0 aliphatic carbocycles. The summed E-state index contributed by atoms with van der Waals surface area (Å²) in [7, 11) is 3.14. The van der Waals surface area contributed by atoms with Gasteiger partial charge in [0.15, 0.2) is 11.6 Å². The number of carbonyl (C=O) groups is 1. The molecule has 0 saturated carbocycles. The number of carbonyl (C=O) groups excluding carboxylic acids is 1. The Hall–Kier alpha value is -3.59. The summed E-state index contributed by atoms with van der Waals surface area (Å²) in [5.41, 5.74) is 2.99. The van der Waals surface area contributed by atoms with Crippen LogP contribution < -0.4 is 14.4 Å². The second-order valence-corrected chi connectivity index (χ2v) is 11.5. The molecule has 3 aromatic rings. The van der Waals surface area contributed by atoms with Crippen LogP contribution in [0.5, 0.6) is 11.5 Å². The van der Waals surface area contributed by atoms with Crippen molar-refractivity contribution in [3.05, 3.63) is 48.3 Å². The molecule has 8 nitrogen and oxygen atoms in total. The average molecular weight is 538 g/mol. The van der Waals surface area contributed by atoms with Crippen molar-refractivity contribution in [1.29, 1.82) is 0 Å². The third-order valence-corrected chi connectivity index (χ3v) is 7.21. The summed E-state index contributed by atoms with van der Waals surface area (Å²) < 4.78 is 36.7. The van der Waals surface area contributed by atoms with Crippen LogP contribution >= 0.6 is 0 Å². The first kappa shape index (κ1) is 27.0. The van der Waals surface area contributed by atoms with Gasteiger partial charge in [0.05, 0.1) is 38.1 Å². The van der Waals surface area contributed by atoms with Crippen LogP contribution in [0.15, 0.2) is 42.5 Å². The Bertz CT molecular complexity index is 1350. The molecule has 9 heteroatoms. The number of amides is 1. The Morgan fingerprint density at radius 3 is 2.54 bits per heavy atom. The summed E-state index contributed by atoms with van der Waals surface area (Å²) in [6.45, 7) is 9.56. The number of aromatic nitrogens is 1. The minimum atomic E-state index is -0.542. The lowest BCUT2D eigenvalue weighted by molar-refractivity contribution is -0.0985. The second-order valence-electron chi connectivity index (χ2n) is 11.5. The topological polar surface area (TPSA) is 73.4 Å². The molecule has 2 saturated heterocycles. The van der Waals surface area contributed by atoms with Gasteiger partial charge in [0.1, 0.15) is 18.0 Å². The molecule has 1 amide bonds. The fraction of sp³-hybridized carbons (Fsp3) is 0.467. The first-order chi connectivity index (χ1) is 18.6. The molecule has 208 valence electrons. The molecule has 5 rings (SSSR count). The van der Waals surface area contributed by atoms with Crippen molar-refractivity contribution >= 4 is 22.7 Å². The van der Waals surface area contributed by atoms with Crippen LogP contribution in [0.3, 0.4) is 0 Å². The summed E-state index contributed by atoms with van der Waals surface area (Å²) in [5.74, 6) is 0.455. The van der Waals surface area contributed by atoms with Gasteiger partial charge >= 0.3 is 6.09 Å². The number of fused-ring (bicyclic) bond motifs is 1. The number of methoxy groups -OCH3 is 1. The SMILES string of the molecule is COc1cc2nc(-c3ccc(OCCN(C)C(=O)OC(C)(C)C)cc3)cc(N3CCC4(COC4)C3)c2cc1F. The standard InChI is InChI=1S/C30H36FN3O5/c1-29(2,3)39-28(35)33(4)12-13-38-21-8-6-20(7-9-21)24-15-26(34-11-10-30(17-34)18-37-19-30)22-14-23(31)27(36-5)16-25(22)32-24/h6-9,14-16H,10-13,17-19H2,1-5H3. The zero-order valence-corrected chi connectivity index (χ0v) is 23.3. The molecule has 0 radical (unpaired) electrons. The number of anilines is 1. The quantitative estimate of drug-likeness (QED) is 0.393. The normalized spacial score (nSPS) is 16.3. The van der Waals surface area contributed by atoms with Gasteiger partial charge in [-0.3, -0.25) is 0 Å². The summed E-state index contributed by atoms with van der Waals surface area (Å²) in [4.78, 5) is 20.8. The average Bonchev–Trinajstić information content (AvgIpc) is 3.34. The van der Waals surface area contributed by atoms with Gasteiger partial charge in [0.25, 0.3) is 0 Å². The van der Waals surface area contributed by atoms with Crippen LogP contribution in [0.25, 0.3) is 22.2 Å². The number of halogens is 1. The second kappa shape index (κ2) is 10.5. The van der Waals surface area contributed by atoms with Gasteiger partial charge < -0.3 is 28.7 Å². The summed E-state index contributed by atoms with van der Waals surface area (Å²) in [5, 5.41) is 0.767. The van der Waals surface area contributed by atoms with E-state index in [9.17, 15) is 9.18 Å². The minimum Gasteiger partial charge on any atom is -0.494 e. The monoisotopic (exact) mass is 537 g/mol. The number of likely N-dealkylation sites (N-methyl/N-ethyl adjacent to an activating group) is 1. The van der Waals surface area contributed by atoms with E-state index >= 15 is 0 Å². The van der Waals surface area contributed by atoms with Gasteiger partial charge in [-0.2, -0.15) is 0 Å². The van der Waals surface area contributed by atoms with Gasteiger partial charge in [-0.05, 0) is 63.6 Å².